The van der Waals surface area contributed by atoms with Crippen LogP contribution in [-0.2, 0) is 19.6 Å². The van der Waals surface area contributed by atoms with Crippen LogP contribution in [0.4, 0.5) is 0 Å². The van der Waals surface area contributed by atoms with Gasteiger partial charge in [-0.1, -0.05) is 12.1 Å². The lowest BCUT2D eigenvalue weighted by Crippen LogP contribution is -2.49. The first-order chi connectivity index (χ1) is 9.12. The highest BCUT2D eigenvalue weighted by Gasteiger charge is 2.34. The van der Waals surface area contributed by atoms with Crippen molar-refractivity contribution in [3.8, 4) is 0 Å². The van der Waals surface area contributed by atoms with Crippen molar-refractivity contribution < 1.29 is 27.9 Å². The SMILES string of the molecule is COC(=O)c1ccccc1S(=O)(=O)NC(C)(C)C(=O)O. The summed E-state index contributed by atoms with van der Waals surface area (Å²) in [4.78, 5) is 22.2. The fourth-order valence-electron chi connectivity index (χ4n) is 1.41. The molecule has 8 heteroatoms. The minimum atomic E-state index is -4.18. The number of carbonyl (C=O) groups excluding carboxylic acids is 1. The van der Waals surface area contributed by atoms with Crippen LogP contribution >= 0.6 is 0 Å². The van der Waals surface area contributed by atoms with Crippen LogP contribution < -0.4 is 4.72 Å². The van der Waals surface area contributed by atoms with Gasteiger partial charge in [-0.05, 0) is 26.0 Å². The van der Waals surface area contributed by atoms with Gasteiger partial charge in [0.1, 0.15) is 5.54 Å². The van der Waals surface area contributed by atoms with Crippen molar-refractivity contribution in [2.45, 2.75) is 24.3 Å². The van der Waals surface area contributed by atoms with Crippen LogP contribution in [0.15, 0.2) is 29.2 Å². The summed E-state index contributed by atoms with van der Waals surface area (Å²) in [6.45, 7) is 2.40. The summed E-state index contributed by atoms with van der Waals surface area (Å²) >= 11 is 0. The topological polar surface area (TPSA) is 110 Å². The van der Waals surface area contributed by atoms with E-state index in [1.807, 2.05) is 4.72 Å². The highest BCUT2D eigenvalue weighted by Crippen LogP contribution is 2.18. The van der Waals surface area contributed by atoms with Crippen molar-refractivity contribution >= 4 is 22.0 Å². The highest BCUT2D eigenvalue weighted by atomic mass is 32.2. The number of hydrogen-bond acceptors (Lipinski definition) is 5. The molecular weight excluding hydrogens is 286 g/mol. The second-order valence-electron chi connectivity index (χ2n) is 4.52. The molecule has 20 heavy (non-hydrogen) atoms. The number of carboxylic acid groups (broad SMARTS) is 1. The summed E-state index contributed by atoms with van der Waals surface area (Å²) in [6, 6.07) is 5.39. The van der Waals surface area contributed by atoms with Crippen LogP contribution in [0, 0.1) is 0 Å². The molecule has 0 fully saturated rings. The number of benzene rings is 1. The van der Waals surface area contributed by atoms with Crippen molar-refractivity contribution in [3.05, 3.63) is 29.8 Å². The first kappa shape index (κ1) is 16.1. The van der Waals surface area contributed by atoms with Crippen LogP contribution in [-0.4, -0.2) is 38.1 Å². The molecule has 1 aromatic carbocycles. The first-order valence-corrected chi connectivity index (χ1v) is 7.05. The molecule has 0 aliphatic heterocycles. The van der Waals surface area contributed by atoms with Crippen LogP contribution in [0.2, 0.25) is 0 Å². The molecule has 0 radical (unpaired) electrons. The molecular formula is C12H15NO6S. The van der Waals surface area contributed by atoms with Crippen molar-refractivity contribution in [1.29, 1.82) is 0 Å². The molecule has 0 aliphatic carbocycles. The quantitative estimate of drug-likeness (QED) is 0.771. The van der Waals surface area contributed by atoms with E-state index in [2.05, 4.69) is 4.74 Å². The third kappa shape index (κ3) is 3.34. The van der Waals surface area contributed by atoms with E-state index in [4.69, 9.17) is 5.11 Å². The smallest absolute Gasteiger partial charge is 0.339 e. The average molecular weight is 301 g/mol. The third-order valence-corrected chi connectivity index (χ3v) is 4.22. The maximum atomic E-state index is 12.2. The van der Waals surface area contributed by atoms with E-state index in [1.54, 1.807) is 0 Å². The van der Waals surface area contributed by atoms with Gasteiger partial charge in [-0.3, -0.25) is 4.79 Å². The summed E-state index contributed by atoms with van der Waals surface area (Å²) < 4.78 is 31.0. The molecule has 0 bridgehead atoms. The summed E-state index contributed by atoms with van der Waals surface area (Å²) in [5.41, 5.74) is -1.87. The molecule has 0 saturated carbocycles. The largest absolute Gasteiger partial charge is 0.480 e. The number of ether oxygens (including phenoxy) is 1. The Bertz CT molecular complexity index is 635. The molecule has 7 nitrogen and oxygen atoms in total. The molecule has 0 aliphatic rings. The zero-order chi connectivity index (χ0) is 15.6. The van der Waals surface area contributed by atoms with Crippen molar-refractivity contribution in [1.82, 2.24) is 4.72 Å². The molecule has 0 saturated heterocycles. The molecule has 0 heterocycles. The Morgan fingerprint density at radius 2 is 1.80 bits per heavy atom. The van der Waals surface area contributed by atoms with E-state index in [1.165, 1.54) is 38.1 Å². The molecule has 0 unspecified atom stereocenters. The number of carboxylic acids is 1. The van der Waals surface area contributed by atoms with Gasteiger partial charge in [-0.2, -0.15) is 4.72 Å². The maximum Gasteiger partial charge on any atom is 0.339 e. The van der Waals surface area contributed by atoms with Gasteiger partial charge in [0.05, 0.1) is 17.6 Å². The number of carbonyl (C=O) groups is 2. The molecule has 0 spiro atoms. The van der Waals surface area contributed by atoms with E-state index in [0.717, 1.165) is 7.11 Å². The van der Waals surface area contributed by atoms with Gasteiger partial charge in [-0.25, -0.2) is 13.2 Å². The van der Waals surface area contributed by atoms with E-state index in [-0.39, 0.29) is 10.5 Å². The summed E-state index contributed by atoms with van der Waals surface area (Å²) in [7, 11) is -3.06. The molecule has 2 N–H and O–H groups in total. The number of rotatable bonds is 5. The number of esters is 1. The Labute approximate surface area is 116 Å². The van der Waals surface area contributed by atoms with Gasteiger partial charge in [0.15, 0.2) is 0 Å². The van der Waals surface area contributed by atoms with Gasteiger partial charge < -0.3 is 9.84 Å². The Kier molecular flexibility index (Phi) is 4.51. The van der Waals surface area contributed by atoms with Crippen LogP contribution in [0.5, 0.6) is 0 Å². The molecule has 0 aromatic heterocycles. The standard InChI is InChI=1S/C12H15NO6S/c1-12(2,11(15)16)13-20(17,18)9-7-5-4-6-8(9)10(14)19-3/h4-7,13H,1-3H3,(H,15,16). The zero-order valence-electron chi connectivity index (χ0n) is 11.2. The summed E-state index contributed by atoms with van der Waals surface area (Å²) in [6.07, 6.45) is 0. The Balaban J connectivity index is 3.31. The molecule has 1 aromatic rings. The number of methoxy groups -OCH3 is 1. The van der Waals surface area contributed by atoms with Crippen molar-refractivity contribution in [2.24, 2.45) is 0 Å². The Morgan fingerprint density at radius 3 is 2.30 bits per heavy atom. The highest BCUT2D eigenvalue weighted by molar-refractivity contribution is 7.89. The fraction of sp³-hybridized carbons (Fsp3) is 0.333. The van der Waals surface area contributed by atoms with Crippen LogP contribution in [0.25, 0.3) is 0 Å². The van der Waals surface area contributed by atoms with Gasteiger partial charge in [0, 0.05) is 0 Å². The fourth-order valence-corrected chi connectivity index (χ4v) is 2.98. The second kappa shape index (κ2) is 5.59. The number of sulfonamides is 1. The van der Waals surface area contributed by atoms with Gasteiger partial charge in [-0.15, -0.1) is 0 Å². The minimum Gasteiger partial charge on any atom is -0.480 e. The van der Waals surface area contributed by atoms with Gasteiger partial charge in [0.25, 0.3) is 0 Å². The Morgan fingerprint density at radius 1 is 1.25 bits per heavy atom. The predicted molar refractivity (Wildman–Crippen MR) is 69.8 cm³/mol. The molecule has 0 amide bonds. The normalized spacial score (nSPS) is 11.9. The lowest BCUT2D eigenvalue weighted by atomic mass is 10.1. The van der Waals surface area contributed by atoms with Crippen LogP contribution in [0.1, 0.15) is 24.2 Å². The van der Waals surface area contributed by atoms with E-state index < -0.39 is 27.5 Å². The van der Waals surface area contributed by atoms with Crippen molar-refractivity contribution in [3.63, 3.8) is 0 Å². The molecule has 1 rings (SSSR count). The van der Waals surface area contributed by atoms with Crippen LogP contribution in [0.3, 0.4) is 0 Å². The zero-order valence-corrected chi connectivity index (χ0v) is 12.0. The lowest BCUT2D eigenvalue weighted by Gasteiger charge is -2.21. The van der Waals surface area contributed by atoms with Gasteiger partial charge >= 0.3 is 11.9 Å². The molecule has 0 atom stereocenters. The number of aliphatic carboxylic acids is 1. The monoisotopic (exact) mass is 301 g/mol. The number of hydrogen-bond donors (Lipinski definition) is 2. The van der Waals surface area contributed by atoms with E-state index >= 15 is 0 Å². The van der Waals surface area contributed by atoms with Crippen molar-refractivity contribution in [2.75, 3.05) is 7.11 Å². The number of nitrogens with one attached hydrogen (secondary N) is 1. The van der Waals surface area contributed by atoms with Gasteiger partial charge in [0.2, 0.25) is 10.0 Å². The average Bonchev–Trinajstić information content (AvgIpc) is 2.36. The van der Waals surface area contributed by atoms with E-state index in [9.17, 15) is 18.0 Å². The third-order valence-electron chi connectivity index (χ3n) is 2.51. The second-order valence-corrected chi connectivity index (χ2v) is 6.17. The predicted octanol–water partition coefficient (Wildman–Crippen LogP) is 0.615. The first-order valence-electron chi connectivity index (χ1n) is 5.56. The van der Waals surface area contributed by atoms with E-state index in [0.29, 0.717) is 0 Å². The summed E-state index contributed by atoms with van der Waals surface area (Å²) in [5.74, 6) is -2.16. The molecule has 110 valence electrons. The minimum absolute atomic E-state index is 0.163. The lowest BCUT2D eigenvalue weighted by molar-refractivity contribution is -0.142. The Hall–Kier alpha value is -1.93. The summed E-state index contributed by atoms with van der Waals surface area (Å²) in [5, 5.41) is 8.96. The maximum absolute atomic E-state index is 12.2.